The van der Waals surface area contributed by atoms with Gasteiger partial charge < -0.3 is 10.6 Å². The Morgan fingerprint density at radius 2 is 1.90 bits per heavy atom. The van der Waals surface area contributed by atoms with Gasteiger partial charge in [0.15, 0.2) is 0 Å². The molecule has 2 aliphatic rings. The lowest BCUT2D eigenvalue weighted by Crippen LogP contribution is -2.34. The molecule has 1 saturated carbocycles. The number of hydrogen-bond acceptors (Lipinski definition) is 2. The SMILES string of the molecule is O=C1Cc2ccc(C(=O)NC3CCCCCC3)cc2N1. The van der Waals surface area contributed by atoms with Crippen LogP contribution in [0.25, 0.3) is 0 Å². The zero-order valence-corrected chi connectivity index (χ0v) is 11.6. The number of carbonyl (C=O) groups excluding carboxylic acids is 2. The highest BCUT2D eigenvalue weighted by atomic mass is 16.2. The molecular formula is C16H20N2O2. The molecule has 4 nitrogen and oxygen atoms in total. The summed E-state index contributed by atoms with van der Waals surface area (Å²) in [5, 5.41) is 5.91. The van der Waals surface area contributed by atoms with E-state index in [1.54, 1.807) is 6.07 Å². The normalized spacial score (nSPS) is 19.1. The largest absolute Gasteiger partial charge is 0.349 e. The maximum atomic E-state index is 12.3. The molecule has 0 saturated heterocycles. The minimum atomic E-state index is -0.0270. The zero-order valence-electron chi connectivity index (χ0n) is 11.6. The molecule has 0 spiro atoms. The quantitative estimate of drug-likeness (QED) is 0.813. The third-order valence-electron chi connectivity index (χ3n) is 4.19. The maximum Gasteiger partial charge on any atom is 0.251 e. The standard InChI is InChI=1S/C16H20N2O2/c19-15-10-11-7-8-12(9-14(11)18-15)16(20)17-13-5-3-1-2-4-6-13/h7-9,13H,1-6,10H2,(H,17,20)(H,18,19). The molecule has 1 fully saturated rings. The second-order valence-electron chi connectivity index (χ2n) is 5.76. The molecule has 0 atom stereocenters. The number of rotatable bonds is 2. The van der Waals surface area contributed by atoms with E-state index in [0.717, 1.165) is 24.1 Å². The summed E-state index contributed by atoms with van der Waals surface area (Å²) in [6.45, 7) is 0. The van der Waals surface area contributed by atoms with Crippen LogP contribution in [0.3, 0.4) is 0 Å². The minimum absolute atomic E-state index is 0.00123. The van der Waals surface area contributed by atoms with E-state index >= 15 is 0 Å². The number of carbonyl (C=O) groups is 2. The van der Waals surface area contributed by atoms with Gasteiger partial charge in [-0.2, -0.15) is 0 Å². The van der Waals surface area contributed by atoms with E-state index in [4.69, 9.17) is 0 Å². The van der Waals surface area contributed by atoms with Crippen LogP contribution in [0.15, 0.2) is 18.2 Å². The lowest BCUT2D eigenvalue weighted by Gasteiger charge is -2.16. The molecule has 0 aromatic heterocycles. The van der Waals surface area contributed by atoms with E-state index in [1.807, 2.05) is 12.1 Å². The van der Waals surface area contributed by atoms with Crippen LogP contribution < -0.4 is 10.6 Å². The summed E-state index contributed by atoms with van der Waals surface area (Å²) in [7, 11) is 0. The van der Waals surface area contributed by atoms with Gasteiger partial charge in [0.2, 0.25) is 5.91 Å². The molecule has 1 aliphatic heterocycles. The van der Waals surface area contributed by atoms with Crippen molar-refractivity contribution < 1.29 is 9.59 Å². The van der Waals surface area contributed by atoms with Gasteiger partial charge in [-0.25, -0.2) is 0 Å². The van der Waals surface area contributed by atoms with Crippen molar-refractivity contribution in [2.45, 2.75) is 51.0 Å². The van der Waals surface area contributed by atoms with Gasteiger partial charge in [-0.3, -0.25) is 9.59 Å². The molecule has 1 aromatic carbocycles. The van der Waals surface area contributed by atoms with Crippen molar-refractivity contribution in [1.82, 2.24) is 5.32 Å². The Labute approximate surface area is 118 Å². The summed E-state index contributed by atoms with van der Waals surface area (Å²) in [6.07, 6.45) is 7.52. The van der Waals surface area contributed by atoms with Gasteiger partial charge in [0, 0.05) is 17.3 Å². The molecule has 1 heterocycles. The van der Waals surface area contributed by atoms with E-state index in [0.29, 0.717) is 18.0 Å². The van der Waals surface area contributed by atoms with Gasteiger partial charge in [-0.15, -0.1) is 0 Å². The van der Waals surface area contributed by atoms with Crippen molar-refractivity contribution in [3.05, 3.63) is 29.3 Å². The van der Waals surface area contributed by atoms with Crippen molar-refractivity contribution >= 4 is 17.5 Å². The zero-order chi connectivity index (χ0) is 13.9. The van der Waals surface area contributed by atoms with E-state index in [1.165, 1.54) is 25.7 Å². The second-order valence-corrected chi connectivity index (χ2v) is 5.76. The van der Waals surface area contributed by atoms with Gasteiger partial charge in [-0.1, -0.05) is 31.7 Å². The van der Waals surface area contributed by atoms with Crippen molar-refractivity contribution in [2.75, 3.05) is 5.32 Å². The Balaban J connectivity index is 1.68. The lowest BCUT2D eigenvalue weighted by atomic mass is 10.1. The fraction of sp³-hybridized carbons (Fsp3) is 0.500. The third kappa shape index (κ3) is 2.84. The number of hydrogen-bond donors (Lipinski definition) is 2. The van der Waals surface area contributed by atoms with Crippen LogP contribution in [0.5, 0.6) is 0 Å². The molecule has 1 aliphatic carbocycles. The fourth-order valence-electron chi connectivity index (χ4n) is 3.05. The van der Waals surface area contributed by atoms with Gasteiger partial charge in [0.1, 0.15) is 0 Å². The number of anilines is 1. The predicted molar refractivity (Wildman–Crippen MR) is 77.7 cm³/mol. The second kappa shape index (κ2) is 5.65. The van der Waals surface area contributed by atoms with Crippen molar-refractivity contribution in [2.24, 2.45) is 0 Å². The number of amides is 2. The summed E-state index contributed by atoms with van der Waals surface area (Å²) in [6, 6.07) is 5.76. The fourth-order valence-corrected chi connectivity index (χ4v) is 3.05. The number of fused-ring (bicyclic) bond motifs is 1. The van der Waals surface area contributed by atoms with Gasteiger partial charge in [0.25, 0.3) is 5.91 Å². The van der Waals surface area contributed by atoms with E-state index in [2.05, 4.69) is 10.6 Å². The molecule has 2 amide bonds. The Kier molecular flexibility index (Phi) is 3.72. The van der Waals surface area contributed by atoms with E-state index in [9.17, 15) is 9.59 Å². The lowest BCUT2D eigenvalue weighted by molar-refractivity contribution is -0.115. The summed E-state index contributed by atoms with van der Waals surface area (Å²) in [4.78, 5) is 23.6. The van der Waals surface area contributed by atoms with E-state index < -0.39 is 0 Å². The van der Waals surface area contributed by atoms with Crippen LogP contribution in [0.4, 0.5) is 5.69 Å². The first-order valence-electron chi connectivity index (χ1n) is 7.46. The Morgan fingerprint density at radius 1 is 1.15 bits per heavy atom. The van der Waals surface area contributed by atoms with Crippen LogP contribution >= 0.6 is 0 Å². The molecule has 2 N–H and O–H groups in total. The minimum Gasteiger partial charge on any atom is -0.349 e. The predicted octanol–water partition coefficient (Wildman–Crippen LogP) is 2.63. The number of benzene rings is 1. The molecule has 0 bridgehead atoms. The third-order valence-corrected chi connectivity index (χ3v) is 4.19. The summed E-state index contributed by atoms with van der Waals surface area (Å²) in [5.74, 6) is -0.0258. The Morgan fingerprint density at radius 3 is 2.65 bits per heavy atom. The summed E-state index contributed by atoms with van der Waals surface area (Å²) >= 11 is 0. The molecule has 0 unspecified atom stereocenters. The highest BCUT2D eigenvalue weighted by Crippen LogP contribution is 2.24. The van der Waals surface area contributed by atoms with Crippen molar-refractivity contribution in [3.8, 4) is 0 Å². The van der Waals surface area contributed by atoms with Crippen LogP contribution in [0.1, 0.15) is 54.4 Å². The maximum absolute atomic E-state index is 12.3. The summed E-state index contributed by atoms with van der Waals surface area (Å²) in [5.41, 5.74) is 2.39. The highest BCUT2D eigenvalue weighted by molar-refractivity contribution is 6.02. The molecule has 0 radical (unpaired) electrons. The van der Waals surface area contributed by atoms with Crippen LogP contribution in [-0.2, 0) is 11.2 Å². The molecule has 4 heteroatoms. The van der Waals surface area contributed by atoms with Crippen molar-refractivity contribution in [3.63, 3.8) is 0 Å². The Bertz CT molecular complexity index is 531. The monoisotopic (exact) mass is 272 g/mol. The smallest absolute Gasteiger partial charge is 0.251 e. The first kappa shape index (κ1) is 13.2. The molecule has 1 aromatic rings. The van der Waals surface area contributed by atoms with Crippen LogP contribution in [-0.4, -0.2) is 17.9 Å². The van der Waals surface area contributed by atoms with Gasteiger partial charge in [0.05, 0.1) is 6.42 Å². The highest BCUT2D eigenvalue weighted by Gasteiger charge is 2.20. The van der Waals surface area contributed by atoms with Crippen LogP contribution in [0, 0.1) is 0 Å². The molecule has 106 valence electrons. The average molecular weight is 272 g/mol. The van der Waals surface area contributed by atoms with Gasteiger partial charge >= 0.3 is 0 Å². The van der Waals surface area contributed by atoms with Crippen LogP contribution in [0.2, 0.25) is 0 Å². The first-order valence-corrected chi connectivity index (χ1v) is 7.46. The summed E-state index contributed by atoms with van der Waals surface area (Å²) < 4.78 is 0. The first-order chi connectivity index (χ1) is 9.72. The molecule has 3 rings (SSSR count). The average Bonchev–Trinajstić information content (AvgIpc) is 2.62. The molecule has 20 heavy (non-hydrogen) atoms. The Hall–Kier alpha value is -1.84. The van der Waals surface area contributed by atoms with E-state index in [-0.39, 0.29) is 11.8 Å². The molecular weight excluding hydrogens is 252 g/mol. The number of nitrogens with one attached hydrogen (secondary N) is 2. The van der Waals surface area contributed by atoms with Crippen molar-refractivity contribution in [1.29, 1.82) is 0 Å². The van der Waals surface area contributed by atoms with Gasteiger partial charge in [-0.05, 0) is 30.5 Å². The topological polar surface area (TPSA) is 58.2 Å².